The first-order valence-electron chi connectivity index (χ1n) is 6.16. The molecule has 1 heterocycles. The predicted molar refractivity (Wildman–Crippen MR) is 65.3 cm³/mol. The molecule has 2 N–H and O–H groups in total. The molecule has 4 heteroatoms. The summed E-state index contributed by atoms with van der Waals surface area (Å²) in [5, 5.41) is 0. The third-order valence-corrected chi connectivity index (χ3v) is 3.26. The van der Waals surface area contributed by atoms with Crippen LogP contribution in [-0.2, 0) is 6.42 Å². The second-order valence-corrected chi connectivity index (χ2v) is 4.63. The molecule has 1 fully saturated rings. The minimum Gasteiger partial charge on any atom is -0.330 e. The Hall–Kier alpha value is -1.42. The van der Waals surface area contributed by atoms with Crippen molar-refractivity contribution in [3.8, 4) is 0 Å². The zero-order chi connectivity index (χ0) is 11.8. The number of rotatable bonds is 4. The van der Waals surface area contributed by atoms with Gasteiger partial charge in [-0.1, -0.05) is 6.07 Å². The summed E-state index contributed by atoms with van der Waals surface area (Å²) in [4.78, 5) is 4.44. The molecule has 0 unspecified atom stereocenters. The quantitative estimate of drug-likeness (QED) is 0.881. The van der Waals surface area contributed by atoms with Gasteiger partial charge in [-0.2, -0.15) is 0 Å². The van der Waals surface area contributed by atoms with Gasteiger partial charge in [0, 0.05) is 12.5 Å². The lowest BCUT2D eigenvalue weighted by molar-refractivity contribution is 0.637. The summed E-state index contributed by atoms with van der Waals surface area (Å²) >= 11 is 0. The maximum atomic E-state index is 13.7. The monoisotopic (exact) mass is 233 g/mol. The number of nitrogens with zero attached hydrogens (tertiary/aromatic N) is 2. The van der Waals surface area contributed by atoms with Crippen molar-refractivity contribution in [3.05, 3.63) is 29.8 Å². The Morgan fingerprint density at radius 2 is 2.24 bits per heavy atom. The van der Waals surface area contributed by atoms with Crippen LogP contribution in [0, 0.1) is 5.82 Å². The topological polar surface area (TPSA) is 43.8 Å². The van der Waals surface area contributed by atoms with Crippen LogP contribution in [0.1, 0.15) is 31.1 Å². The summed E-state index contributed by atoms with van der Waals surface area (Å²) in [5.41, 5.74) is 6.97. The number of para-hydroxylation sites is 1. The Labute approximate surface area is 99.4 Å². The van der Waals surface area contributed by atoms with Gasteiger partial charge in [-0.3, -0.25) is 0 Å². The molecule has 0 atom stereocenters. The molecule has 0 radical (unpaired) electrons. The number of aryl methyl sites for hydroxylation is 1. The average Bonchev–Trinajstić information content (AvgIpc) is 3.09. The zero-order valence-electron chi connectivity index (χ0n) is 9.69. The van der Waals surface area contributed by atoms with Crippen LogP contribution in [0.15, 0.2) is 18.2 Å². The van der Waals surface area contributed by atoms with Crippen LogP contribution in [0.2, 0.25) is 0 Å². The first kappa shape index (κ1) is 10.7. The van der Waals surface area contributed by atoms with Gasteiger partial charge in [0.1, 0.15) is 11.3 Å². The Kier molecular flexibility index (Phi) is 2.59. The molecule has 1 aliphatic carbocycles. The van der Waals surface area contributed by atoms with Gasteiger partial charge in [-0.25, -0.2) is 9.37 Å². The maximum Gasteiger partial charge on any atom is 0.151 e. The van der Waals surface area contributed by atoms with Gasteiger partial charge in [-0.05, 0) is 37.9 Å². The van der Waals surface area contributed by atoms with Gasteiger partial charge in [-0.15, -0.1) is 0 Å². The van der Waals surface area contributed by atoms with Crippen molar-refractivity contribution < 1.29 is 4.39 Å². The van der Waals surface area contributed by atoms with Crippen LogP contribution >= 0.6 is 0 Å². The van der Waals surface area contributed by atoms with E-state index in [1.165, 1.54) is 18.9 Å². The number of benzene rings is 1. The van der Waals surface area contributed by atoms with Crippen molar-refractivity contribution in [1.29, 1.82) is 0 Å². The van der Waals surface area contributed by atoms with Gasteiger partial charge >= 0.3 is 0 Å². The highest BCUT2D eigenvalue weighted by Crippen LogP contribution is 2.39. The second kappa shape index (κ2) is 4.11. The van der Waals surface area contributed by atoms with E-state index in [1.807, 2.05) is 6.07 Å². The van der Waals surface area contributed by atoms with E-state index in [-0.39, 0.29) is 5.82 Å². The first-order chi connectivity index (χ1) is 8.31. The van der Waals surface area contributed by atoms with Crippen molar-refractivity contribution in [2.45, 2.75) is 31.7 Å². The first-order valence-corrected chi connectivity index (χ1v) is 6.16. The molecule has 1 aromatic carbocycles. The second-order valence-electron chi connectivity index (χ2n) is 4.63. The van der Waals surface area contributed by atoms with E-state index in [4.69, 9.17) is 5.73 Å². The molecule has 1 aliphatic rings. The highest BCUT2D eigenvalue weighted by atomic mass is 19.1. The van der Waals surface area contributed by atoms with Crippen LogP contribution in [0.3, 0.4) is 0 Å². The normalized spacial score (nSPS) is 15.6. The van der Waals surface area contributed by atoms with Gasteiger partial charge in [0.2, 0.25) is 0 Å². The van der Waals surface area contributed by atoms with Crippen LogP contribution in [0.4, 0.5) is 4.39 Å². The van der Waals surface area contributed by atoms with E-state index in [0.29, 0.717) is 18.1 Å². The molecule has 2 aromatic rings. The van der Waals surface area contributed by atoms with Gasteiger partial charge in [0.15, 0.2) is 5.82 Å². The summed E-state index contributed by atoms with van der Waals surface area (Å²) < 4.78 is 15.9. The molecule has 0 saturated heterocycles. The molecule has 0 spiro atoms. The van der Waals surface area contributed by atoms with E-state index in [1.54, 1.807) is 6.07 Å². The summed E-state index contributed by atoms with van der Waals surface area (Å²) in [6.07, 6.45) is 4.09. The summed E-state index contributed by atoms with van der Waals surface area (Å²) in [6, 6.07) is 5.70. The number of hydrogen-bond acceptors (Lipinski definition) is 2. The van der Waals surface area contributed by atoms with Gasteiger partial charge < -0.3 is 10.3 Å². The van der Waals surface area contributed by atoms with Crippen LogP contribution in [0.25, 0.3) is 11.0 Å². The fourth-order valence-corrected chi connectivity index (χ4v) is 2.31. The molecule has 17 heavy (non-hydrogen) atoms. The zero-order valence-corrected chi connectivity index (χ0v) is 9.69. The number of nitrogens with two attached hydrogens (primary N) is 1. The molecule has 0 amide bonds. The van der Waals surface area contributed by atoms with Crippen LogP contribution in [0.5, 0.6) is 0 Å². The largest absolute Gasteiger partial charge is 0.330 e. The minimum absolute atomic E-state index is 0.226. The Morgan fingerprint density at radius 3 is 2.94 bits per heavy atom. The van der Waals surface area contributed by atoms with E-state index in [0.717, 1.165) is 24.2 Å². The van der Waals surface area contributed by atoms with Crippen molar-refractivity contribution in [3.63, 3.8) is 0 Å². The average molecular weight is 233 g/mol. The van der Waals surface area contributed by atoms with Crippen LogP contribution < -0.4 is 5.73 Å². The molecular weight excluding hydrogens is 217 g/mol. The van der Waals surface area contributed by atoms with Gasteiger partial charge in [0.05, 0.1) is 5.52 Å². The highest BCUT2D eigenvalue weighted by Gasteiger charge is 2.28. The van der Waals surface area contributed by atoms with E-state index in [9.17, 15) is 4.39 Å². The lowest BCUT2D eigenvalue weighted by Crippen LogP contribution is -2.06. The number of halogens is 1. The predicted octanol–water partition coefficient (Wildman–Crippen LogP) is 2.40. The maximum absolute atomic E-state index is 13.7. The molecule has 3 nitrogen and oxygen atoms in total. The molecule has 0 aliphatic heterocycles. The van der Waals surface area contributed by atoms with E-state index < -0.39 is 0 Å². The van der Waals surface area contributed by atoms with Gasteiger partial charge in [0.25, 0.3) is 0 Å². The van der Waals surface area contributed by atoms with E-state index >= 15 is 0 Å². The molecular formula is C13H16FN3. The van der Waals surface area contributed by atoms with Crippen molar-refractivity contribution in [2.75, 3.05) is 6.54 Å². The highest BCUT2D eigenvalue weighted by molar-refractivity contribution is 5.77. The molecule has 0 bridgehead atoms. The Morgan fingerprint density at radius 1 is 1.41 bits per heavy atom. The fraction of sp³-hybridized carbons (Fsp3) is 0.462. The van der Waals surface area contributed by atoms with E-state index in [2.05, 4.69) is 9.55 Å². The molecule has 3 rings (SSSR count). The van der Waals surface area contributed by atoms with Crippen molar-refractivity contribution >= 4 is 11.0 Å². The van der Waals surface area contributed by atoms with Crippen molar-refractivity contribution in [2.24, 2.45) is 5.73 Å². The Bertz CT molecular complexity index is 543. The minimum atomic E-state index is -0.226. The standard InChI is InChI=1S/C13H16FN3/c14-10-3-1-4-11-13(10)16-12(5-2-8-15)17(11)9-6-7-9/h1,3-4,9H,2,5-8,15H2. The summed E-state index contributed by atoms with van der Waals surface area (Å²) in [7, 11) is 0. The fourth-order valence-electron chi connectivity index (χ4n) is 2.31. The number of hydrogen-bond donors (Lipinski definition) is 1. The smallest absolute Gasteiger partial charge is 0.151 e. The third kappa shape index (κ3) is 1.82. The SMILES string of the molecule is NCCCc1nc2c(F)cccc2n1C1CC1. The number of fused-ring (bicyclic) bond motifs is 1. The summed E-state index contributed by atoms with van der Waals surface area (Å²) in [6.45, 7) is 0.649. The third-order valence-electron chi connectivity index (χ3n) is 3.26. The van der Waals surface area contributed by atoms with Crippen molar-refractivity contribution in [1.82, 2.24) is 9.55 Å². The molecule has 1 aromatic heterocycles. The lowest BCUT2D eigenvalue weighted by Gasteiger charge is -2.06. The molecule has 90 valence electrons. The number of imidazole rings is 1. The molecule has 1 saturated carbocycles. The Balaban J connectivity index is 2.12. The number of aromatic nitrogens is 2. The van der Waals surface area contributed by atoms with Crippen LogP contribution in [-0.4, -0.2) is 16.1 Å². The summed E-state index contributed by atoms with van der Waals surface area (Å²) in [5.74, 6) is 0.758. The lowest BCUT2D eigenvalue weighted by atomic mass is 10.3.